The molecule has 1 fully saturated rings. The molecule has 0 bridgehead atoms. The lowest BCUT2D eigenvalue weighted by atomic mass is 9.92. The first kappa shape index (κ1) is 10.0. The van der Waals surface area contributed by atoms with Gasteiger partial charge in [0, 0.05) is 6.04 Å². The summed E-state index contributed by atoms with van der Waals surface area (Å²) in [6, 6.07) is 0.422. The van der Waals surface area contributed by atoms with Crippen molar-refractivity contribution in [2.45, 2.75) is 37.8 Å². The van der Waals surface area contributed by atoms with Gasteiger partial charge in [-0.2, -0.15) is 0 Å². The summed E-state index contributed by atoms with van der Waals surface area (Å²) in [7, 11) is 0. The molecule has 2 N–H and O–H groups in total. The highest BCUT2D eigenvalue weighted by Gasteiger charge is 2.25. The van der Waals surface area contributed by atoms with E-state index in [0.717, 1.165) is 25.7 Å². The molecule has 82 valence electrons. The molecule has 1 aromatic rings. The molecule has 1 aliphatic carbocycles. The van der Waals surface area contributed by atoms with Crippen LogP contribution >= 0.6 is 0 Å². The zero-order valence-corrected chi connectivity index (χ0v) is 8.24. The average Bonchev–Trinajstić information content (AvgIpc) is 2.68. The van der Waals surface area contributed by atoms with Crippen molar-refractivity contribution in [2.75, 3.05) is 0 Å². The Morgan fingerprint density at radius 2 is 2.13 bits per heavy atom. The molecule has 1 heterocycles. The predicted molar refractivity (Wildman–Crippen MR) is 52.2 cm³/mol. The number of nitrogens with zero attached hydrogens (tertiary/aromatic N) is 4. The highest BCUT2D eigenvalue weighted by molar-refractivity contribution is 5.08. The molecule has 0 spiro atoms. The zero-order chi connectivity index (χ0) is 10.8. The first-order valence-electron chi connectivity index (χ1n) is 4.98. The fourth-order valence-corrected chi connectivity index (χ4v) is 1.86. The van der Waals surface area contributed by atoms with Gasteiger partial charge >= 0.3 is 5.82 Å². The maximum atomic E-state index is 10.4. The fourth-order valence-electron chi connectivity index (χ4n) is 1.86. The SMILES string of the molecule is NC1CCC(n2ncc([N+](=O)[O-])n2)CC1. The van der Waals surface area contributed by atoms with Crippen molar-refractivity contribution in [3.63, 3.8) is 0 Å². The molecular weight excluding hydrogens is 198 g/mol. The van der Waals surface area contributed by atoms with Gasteiger partial charge in [0.2, 0.25) is 0 Å². The lowest BCUT2D eigenvalue weighted by Gasteiger charge is -2.23. The number of rotatable bonds is 2. The second-order valence-electron chi connectivity index (χ2n) is 3.85. The molecule has 0 atom stereocenters. The van der Waals surface area contributed by atoms with Gasteiger partial charge in [0.25, 0.3) is 0 Å². The van der Waals surface area contributed by atoms with E-state index in [1.165, 1.54) is 11.0 Å². The van der Waals surface area contributed by atoms with Crippen LogP contribution < -0.4 is 5.73 Å². The van der Waals surface area contributed by atoms with Crippen LogP contribution in [0, 0.1) is 10.1 Å². The number of nitrogens with two attached hydrogens (primary N) is 1. The third-order valence-corrected chi connectivity index (χ3v) is 2.75. The van der Waals surface area contributed by atoms with Crippen LogP contribution in [0.4, 0.5) is 5.82 Å². The number of nitro groups is 1. The van der Waals surface area contributed by atoms with Gasteiger partial charge < -0.3 is 15.8 Å². The first-order valence-corrected chi connectivity index (χ1v) is 4.98. The Hall–Kier alpha value is -1.50. The highest BCUT2D eigenvalue weighted by atomic mass is 16.6. The third-order valence-electron chi connectivity index (χ3n) is 2.75. The van der Waals surface area contributed by atoms with Crippen LogP contribution in [0.5, 0.6) is 0 Å². The highest BCUT2D eigenvalue weighted by Crippen LogP contribution is 2.26. The van der Waals surface area contributed by atoms with Crippen molar-refractivity contribution in [3.8, 4) is 0 Å². The van der Waals surface area contributed by atoms with Gasteiger partial charge in [-0.05, 0) is 30.6 Å². The second-order valence-corrected chi connectivity index (χ2v) is 3.85. The van der Waals surface area contributed by atoms with Crippen molar-refractivity contribution >= 4 is 5.82 Å². The van der Waals surface area contributed by atoms with E-state index in [2.05, 4.69) is 10.2 Å². The Kier molecular flexibility index (Phi) is 2.63. The molecule has 0 radical (unpaired) electrons. The molecule has 1 aliphatic rings. The Balaban J connectivity index is 2.06. The molecule has 0 saturated heterocycles. The van der Waals surface area contributed by atoms with Crippen LogP contribution in [0.3, 0.4) is 0 Å². The molecule has 1 aromatic heterocycles. The number of hydrogen-bond acceptors (Lipinski definition) is 5. The van der Waals surface area contributed by atoms with E-state index in [1.54, 1.807) is 0 Å². The van der Waals surface area contributed by atoms with E-state index in [-0.39, 0.29) is 17.9 Å². The van der Waals surface area contributed by atoms with E-state index in [1.807, 2.05) is 0 Å². The van der Waals surface area contributed by atoms with Crippen LogP contribution in [0.2, 0.25) is 0 Å². The predicted octanol–water partition coefficient (Wildman–Crippen LogP) is 0.629. The number of aromatic nitrogens is 3. The molecule has 2 rings (SSSR count). The van der Waals surface area contributed by atoms with Crippen molar-refractivity contribution in [1.82, 2.24) is 15.0 Å². The van der Waals surface area contributed by atoms with Gasteiger partial charge in [0.05, 0.1) is 11.1 Å². The van der Waals surface area contributed by atoms with Crippen molar-refractivity contribution < 1.29 is 4.92 Å². The largest absolute Gasteiger partial charge is 0.410 e. The summed E-state index contributed by atoms with van der Waals surface area (Å²) < 4.78 is 0. The monoisotopic (exact) mass is 211 g/mol. The summed E-state index contributed by atoms with van der Waals surface area (Å²) in [5.41, 5.74) is 5.77. The summed E-state index contributed by atoms with van der Waals surface area (Å²) in [6.45, 7) is 0. The molecule has 15 heavy (non-hydrogen) atoms. The molecule has 0 amide bonds. The summed E-state index contributed by atoms with van der Waals surface area (Å²) >= 11 is 0. The van der Waals surface area contributed by atoms with Crippen LogP contribution in [0.25, 0.3) is 0 Å². The molecule has 0 aromatic carbocycles. The minimum absolute atomic E-state index is 0.165. The second kappa shape index (κ2) is 3.93. The summed E-state index contributed by atoms with van der Waals surface area (Å²) in [5, 5.41) is 18.2. The van der Waals surface area contributed by atoms with Crippen LogP contribution in [0.1, 0.15) is 31.7 Å². The topological polar surface area (TPSA) is 99.9 Å². The van der Waals surface area contributed by atoms with Crippen molar-refractivity contribution in [2.24, 2.45) is 5.73 Å². The quantitative estimate of drug-likeness (QED) is 0.571. The first-order chi connectivity index (χ1) is 7.16. The smallest absolute Gasteiger partial charge is 0.358 e. The van der Waals surface area contributed by atoms with E-state index in [9.17, 15) is 10.1 Å². The van der Waals surface area contributed by atoms with Crippen LogP contribution in [0.15, 0.2) is 6.20 Å². The van der Waals surface area contributed by atoms with Gasteiger partial charge in [-0.1, -0.05) is 4.80 Å². The van der Waals surface area contributed by atoms with Crippen LogP contribution in [-0.2, 0) is 0 Å². The lowest BCUT2D eigenvalue weighted by Crippen LogP contribution is -2.28. The zero-order valence-electron chi connectivity index (χ0n) is 8.24. The van der Waals surface area contributed by atoms with Crippen molar-refractivity contribution in [1.29, 1.82) is 0 Å². The standard InChI is InChI=1S/C8H13N5O2/c9-6-1-3-7(4-2-6)12-10-5-8(11-12)13(14)15/h5-7H,1-4,9H2. The molecular formula is C8H13N5O2. The Bertz CT molecular complexity index is 356. The Labute approximate surface area is 86.4 Å². The number of hydrogen-bond donors (Lipinski definition) is 1. The molecule has 0 unspecified atom stereocenters. The lowest BCUT2D eigenvalue weighted by molar-refractivity contribution is -0.389. The maximum Gasteiger partial charge on any atom is 0.410 e. The normalized spacial score (nSPS) is 26.5. The van der Waals surface area contributed by atoms with Gasteiger partial charge in [0.1, 0.15) is 0 Å². The van der Waals surface area contributed by atoms with Gasteiger partial charge in [0.15, 0.2) is 6.20 Å². The minimum atomic E-state index is -0.530. The Morgan fingerprint density at radius 1 is 1.47 bits per heavy atom. The van der Waals surface area contributed by atoms with Crippen molar-refractivity contribution in [3.05, 3.63) is 16.3 Å². The summed E-state index contributed by atoms with van der Waals surface area (Å²) in [5.74, 6) is -0.190. The van der Waals surface area contributed by atoms with E-state index in [0.29, 0.717) is 0 Å². The maximum absolute atomic E-state index is 10.4. The molecule has 7 nitrogen and oxygen atoms in total. The third kappa shape index (κ3) is 2.12. The van der Waals surface area contributed by atoms with E-state index < -0.39 is 4.92 Å². The molecule has 7 heteroatoms. The van der Waals surface area contributed by atoms with Gasteiger partial charge in [-0.3, -0.25) is 0 Å². The molecule has 1 saturated carbocycles. The van der Waals surface area contributed by atoms with Gasteiger partial charge in [-0.15, -0.1) is 5.10 Å². The van der Waals surface area contributed by atoms with E-state index in [4.69, 9.17) is 5.73 Å². The summed E-state index contributed by atoms with van der Waals surface area (Å²) in [4.78, 5) is 11.3. The van der Waals surface area contributed by atoms with Gasteiger partial charge in [-0.25, -0.2) is 0 Å². The Morgan fingerprint density at radius 3 is 2.67 bits per heavy atom. The molecule has 0 aliphatic heterocycles. The average molecular weight is 211 g/mol. The van der Waals surface area contributed by atoms with Crippen LogP contribution in [-0.4, -0.2) is 26.0 Å². The van der Waals surface area contributed by atoms with E-state index >= 15 is 0 Å². The minimum Gasteiger partial charge on any atom is -0.358 e. The fraction of sp³-hybridized carbons (Fsp3) is 0.750. The summed E-state index contributed by atoms with van der Waals surface area (Å²) in [6.07, 6.45) is 4.84.